The molecule has 1 atom stereocenters. The lowest BCUT2D eigenvalue weighted by Crippen LogP contribution is -2.53. The van der Waals surface area contributed by atoms with Crippen LogP contribution in [0.3, 0.4) is 0 Å². The summed E-state index contributed by atoms with van der Waals surface area (Å²) in [4.78, 5) is 42.3. The first-order valence-electron chi connectivity index (χ1n) is 10.3. The number of carbonyl (C=O) groups is 3. The zero-order valence-electron chi connectivity index (χ0n) is 17.6. The van der Waals surface area contributed by atoms with Crippen molar-refractivity contribution >= 4 is 60.9 Å². The van der Waals surface area contributed by atoms with Gasteiger partial charge in [0.05, 0.1) is 7.11 Å². The standard InChI is InChI=1S/C24H19Br2N3O4/c1-33-22(31)20-21(27)29(14-8-5-12(25)6-9-14)17-3-2-4-18(30)19(17)24(20)15-11-13(26)7-10-16(15)28-23(24)32/h5-11H,2-4,27H2,1H3,(H,28,32). The molecule has 9 heteroatoms. The van der Waals surface area contributed by atoms with Crippen LogP contribution >= 0.6 is 31.9 Å². The second-order valence-electron chi connectivity index (χ2n) is 8.06. The van der Waals surface area contributed by atoms with Gasteiger partial charge in [0.25, 0.3) is 0 Å². The SMILES string of the molecule is COC(=O)C1=C(N)N(c2ccc(Br)cc2)C2=C(C(=O)CCC2)C12C(=O)Nc1ccc(Br)cc12. The average Bonchev–Trinajstić information content (AvgIpc) is 3.06. The second-order valence-corrected chi connectivity index (χ2v) is 9.89. The first kappa shape index (κ1) is 21.9. The molecule has 2 aromatic rings. The van der Waals surface area contributed by atoms with E-state index in [4.69, 9.17) is 10.5 Å². The monoisotopic (exact) mass is 571 g/mol. The minimum atomic E-state index is -1.69. The highest BCUT2D eigenvalue weighted by atomic mass is 79.9. The summed E-state index contributed by atoms with van der Waals surface area (Å²) >= 11 is 6.90. The fourth-order valence-corrected chi connectivity index (χ4v) is 5.69. The van der Waals surface area contributed by atoms with Gasteiger partial charge in [-0.3, -0.25) is 14.5 Å². The summed E-state index contributed by atoms with van der Waals surface area (Å²) in [7, 11) is 1.24. The van der Waals surface area contributed by atoms with E-state index in [2.05, 4.69) is 37.2 Å². The number of carbonyl (C=O) groups excluding carboxylic acids is 3. The van der Waals surface area contributed by atoms with Gasteiger partial charge in [0.1, 0.15) is 16.8 Å². The van der Waals surface area contributed by atoms with Gasteiger partial charge in [-0.25, -0.2) is 4.79 Å². The zero-order valence-corrected chi connectivity index (χ0v) is 20.7. The van der Waals surface area contributed by atoms with E-state index in [1.54, 1.807) is 23.1 Å². The lowest BCUT2D eigenvalue weighted by Gasteiger charge is -2.44. The highest BCUT2D eigenvalue weighted by Gasteiger charge is 2.61. The van der Waals surface area contributed by atoms with Crippen molar-refractivity contribution in [3.05, 3.63) is 79.6 Å². The molecule has 2 heterocycles. The van der Waals surface area contributed by atoms with E-state index >= 15 is 0 Å². The van der Waals surface area contributed by atoms with Crippen LogP contribution in [0.15, 0.2) is 74.1 Å². The van der Waals surface area contributed by atoms with E-state index in [-0.39, 0.29) is 29.2 Å². The molecule has 2 aromatic carbocycles. The predicted molar refractivity (Wildman–Crippen MR) is 130 cm³/mol. The Balaban J connectivity index is 1.91. The number of Topliss-reactive ketones (excluding diaryl/α,β-unsaturated/α-hetero) is 1. The number of fused-ring (bicyclic) bond motifs is 3. The maximum Gasteiger partial charge on any atom is 0.339 e. The molecule has 0 fully saturated rings. The third-order valence-electron chi connectivity index (χ3n) is 6.35. The van der Waals surface area contributed by atoms with Gasteiger partial charge in [-0.2, -0.15) is 0 Å². The molecule has 33 heavy (non-hydrogen) atoms. The van der Waals surface area contributed by atoms with Gasteiger partial charge in [0.15, 0.2) is 5.78 Å². The number of benzene rings is 2. The van der Waals surface area contributed by atoms with Crippen LogP contribution < -0.4 is 16.0 Å². The maximum absolute atomic E-state index is 13.7. The molecule has 1 amide bonds. The molecule has 0 bridgehead atoms. The number of rotatable bonds is 2. The third-order valence-corrected chi connectivity index (χ3v) is 7.37. The van der Waals surface area contributed by atoms with Gasteiger partial charge in [0.2, 0.25) is 5.91 Å². The summed E-state index contributed by atoms with van der Waals surface area (Å²) in [6, 6.07) is 12.7. The summed E-state index contributed by atoms with van der Waals surface area (Å²) in [6.07, 6.45) is 1.43. The van der Waals surface area contributed by atoms with E-state index < -0.39 is 17.3 Å². The molecule has 0 saturated carbocycles. The summed E-state index contributed by atoms with van der Waals surface area (Å²) in [5.41, 5.74) is 7.56. The maximum atomic E-state index is 13.7. The first-order chi connectivity index (χ1) is 15.8. The topological polar surface area (TPSA) is 102 Å². The first-order valence-corrected chi connectivity index (χ1v) is 11.9. The van der Waals surface area contributed by atoms with Crippen LogP contribution in [0.2, 0.25) is 0 Å². The van der Waals surface area contributed by atoms with Crippen molar-refractivity contribution in [1.29, 1.82) is 0 Å². The van der Waals surface area contributed by atoms with Gasteiger partial charge >= 0.3 is 5.97 Å². The van der Waals surface area contributed by atoms with E-state index in [1.807, 2.05) is 24.3 Å². The van der Waals surface area contributed by atoms with Gasteiger partial charge in [0, 0.05) is 43.6 Å². The van der Waals surface area contributed by atoms with Crippen LogP contribution in [0.5, 0.6) is 0 Å². The van der Waals surface area contributed by atoms with Gasteiger partial charge in [-0.15, -0.1) is 0 Å². The van der Waals surface area contributed by atoms with Gasteiger partial charge in [-0.05, 0) is 55.3 Å². The number of halogens is 2. The number of methoxy groups -OCH3 is 1. The van der Waals surface area contributed by atoms with Crippen molar-refractivity contribution in [1.82, 2.24) is 0 Å². The third kappa shape index (κ3) is 3.02. The number of nitrogens with two attached hydrogens (primary N) is 1. The second kappa shape index (κ2) is 7.85. The largest absolute Gasteiger partial charge is 0.466 e. The molecule has 0 saturated heterocycles. The molecule has 3 aliphatic rings. The van der Waals surface area contributed by atoms with Gasteiger partial charge in [-0.1, -0.05) is 31.9 Å². The van der Waals surface area contributed by atoms with Gasteiger partial charge < -0.3 is 15.8 Å². The molecular formula is C24H19Br2N3O4. The Morgan fingerprint density at radius 2 is 1.79 bits per heavy atom. The molecule has 7 nitrogen and oxygen atoms in total. The van der Waals surface area contributed by atoms with Crippen molar-refractivity contribution in [3.63, 3.8) is 0 Å². The predicted octanol–water partition coefficient (Wildman–Crippen LogP) is 4.27. The lowest BCUT2D eigenvalue weighted by atomic mass is 9.63. The minimum absolute atomic E-state index is 0.0590. The fraction of sp³-hybridized carbons (Fsp3) is 0.208. The number of anilines is 2. The van der Waals surface area contributed by atoms with Crippen molar-refractivity contribution in [2.75, 3.05) is 17.3 Å². The van der Waals surface area contributed by atoms with E-state index in [0.717, 1.165) is 4.47 Å². The highest BCUT2D eigenvalue weighted by Crippen LogP contribution is 2.55. The molecule has 1 unspecified atom stereocenters. The Hall–Kier alpha value is -2.91. The van der Waals surface area contributed by atoms with Crippen LogP contribution in [0, 0.1) is 0 Å². The lowest BCUT2D eigenvalue weighted by molar-refractivity contribution is -0.138. The van der Waals surface area contributed by atoms with Crippen molar-refractivity contribution in [2.24, 2.45) is 5.73 Å². The van der Waals surface area contributed by atoms with Crippen LogP contribution in [-0.2, 0) is 24.5 Å². The molecule has 2 aliphatic heterocycles. The normalized spacial score (nSPS) is 21.8. The molecule has 168 valence electrons. The smallest absolute Gasteiger partial charge is 0.339 e. The van der Waals surface area contributed by atoms with E-state index in [9.17, 15) is 14.4 Å². The number of amides is 1. The quantitative estimate of drug-likeness (QED) is 0.521. The van der Waals surface area contributed by atoms with Crippen LogP contribution in [0.1, 0.15) is 24.8 Å². The molecule has 1 aliphatic carbocycles. The Morgan fingerprint density at radius 3 is 2.48 bits per heavy atom. The molecule has 5 rings (SSSR count). The van der Waals surface area contributed by atoms with Crippen molar-refractivity contribution in [3.8, 4) is 0 Å². The number of hydrogen-bond acceptors (Lipinski definition) is 6. The number of nitrogens with one attached hydrogen (secondary N) is 1. The highest BCUT2D eigenvalue weighted by molar-refractivity contribution is 9.10. The Morgan fingerprint density at radius 1 is 1.09 bits per heavy atom. The summed E-state index contributed by atoms with van der Waals surface area (Å²) < 4.78 is 6.70. The number of nitrogens with zero attached hydrogens (tertiary/aromatic N) is 1. The van der Waals surface area contributed by atoms with Crippen LogP contribution in [0.25, 0.3) is 0 Å². The molecule has 1 spiro atoms. The minimum Gasteiger partial charge on any atom is -0.466 e. The van der Waals surface area contributed by atoms with E-state index in [0.29, 0.717) is 39.9 Å². The summed E-state index contributed by atoms with van der Waals surface area (Å²) in [5.74, 6) is -1.37. The van der Waals surface area contributed by atoms with Crippen molar-refractivity contribution in [2.45, 2.75) is 24.7 Å². The molecule has 3 N–H and O–H groups in total. The number of allylic oxidation sites excluding steroid dienone is 1. The van der Waals surface area contributed by atoms with Crippen LogP contribution in [-0.4, -0.2) is 24.8 Å². The molecule has 0 aromatic heterocycles. The van der Waals surface area contributed by atoms with E-state index in [1.165, 1.54) is 7.11 Å². The summed E-state index contributed by atoms with van der Waals surface area (Å²) in [6.45, 7) is 0. The Kier molecular flexibility index (Phi) is 5.21. The zero-order chi connectivity index (χ0) is 23.5. The number of hydrogen-bond donors (Lipinski definition) is 2. The average molecular weight is 573 g/mol. The number of ether oxygens (including phenoxy) is 1. The molecule has 0 radical (unpaired) electrons. The Labute approximate surface area is 206 Å². The number of esters is 1. The van der Waals surface area contributed by atoms with Crippen LogP contribution in [0.4, 0.5) is 11.4 Å². The van der Waals surface area contributed by atoms with Crippen molar-refractivity contribution < 1.29 is 19.1 Å². The number of ketones is 1. The molecular weight excluding hydrogens is 554 g/mol. The Bertz CT molecular complexity index is 1300. The fourth-order valence-electron chi connectivity index (χ4n) is 5.07. The summed E-state index contributed by atoms with van der Waals surface area (Å²) in [5, 5.41) is 2.86.